The zero-order chi connectivity index (χ0) is 16.0. The molecular formula is C15H24N2O3S. The fraction of sp³-hybridized carbons (Fsp3) is 0.533. The van der Waals surface area contributed by atoms with Crippen molar-refractivity contribution in [3.8, 4) is 0 Å². The summed E-state index contributed by atoms with van der Waals surface area (Å²) in [4.78, 5) is 11.0. The first-order valence-electron chi connectivity index (χ1n) is 7.14. The van der Waals surface area contributed by atoms with Crippen LogP contribution in [0.15, 0.2) is 18.2 Å². The number of hydrogen-bond donors (Lipinski definition) is 1. The molecule has 0 spiro atoms. The van der Waals surface area contributed by atoms with Crippen molar-refractivity contribution < 1.29 is 13.2 Å². The molecule has 118 valence electrons. The van der Waals surface area contributed by atoms with Crippen molar-refractivity contribution in [2.75, 3.05) is 23.7 Å². The fourth-order valence-electron chi connectivity index (χ4n) is 2.31. The minimum absolute atomic E-state index is 0.164. The second-order valence-electron chi connectivity index (χ2n) is 4.95. The zero-order valence-electron chi connectivity index (χ0n) is 13.1. The second-order valence-corrected chi connectivity index (χ2v) is 6.86. The van der Waals surface area contributed by atoms with Crippen molar-refractivity contribution in [3.63, 3.8) is 0 Å². The predicted octanol–water partition coefficient (Wildman–Crippen LogP) is 1.71. The molecular weight excluding hydrogens is 288 g/mol. The molecule has 1 N–H and O–H groups in total. The summed E-state index contributed by atoms with van der Waals surface area (Å²) in [5, 5.41) is 2.65. The van der Waals surface area contributed by atoms with Crippen molar-refractivity contribution in [1.82, 2.24) is 5.32 Å². The van der Waals surface area contributed by atoms with Gasteiger partial charge in [0.05, 0.1) is 18.5 Å². The Balaban J connectivity index is 3.23. The molecule has 21 heavy (non-hydrogen) atoms. The molecule has 0 saturated carbocycles. The Labute approximate surface area is 127 Å². The van der Waals surface area contributed by atoms with Gasteiger partial charge in [-0.1, -0.05) is 32.0 Å². The number of para-hydroxylation sites is 1. The van der Waals surface area contributed by atoms with Gasteiger partial charge < -0.3 is 5.32 Å². The van der Waals surface area contributed by atoms with Gasteiger partial charge in [0.25, 0.3) is 0 Å². The summed E-state index contributed by atoms with van der Waals surface area (Å²) in [6, 6.07) is 5.85. The molecule has 0 aliphatic carbocycles. The van der Waals surface area contributed by atoms with Crippen molar-refractivity contribution >= 4 is 21.6 Å². The summed E-state index contributed by atoms with van der Waals surface area (Å²) in [5.74, 6) is -0.164. The topological polar surface area (TPSA) is 66.5 Å². The van der Waals surface area contributed by atoms with Crippen LogP contribution in [0.2, 0.25) is 0 Å². The SMILES string of the molecule is CCc1cccc(CC)c1N(CCNC(C)=O)S(C)(=O)=O. The number of sulfonamides is 1. The lowest BCUT2D eigenvalue weighted by Gasteiger charge is -2.27. The number of carbonyl (C=O) groups is 1. The molecule has 0 unspecified atom stereocenters. The maximum atomic E-state index is 12.2. The minimum atomic E-state index is -3.40. The highest BCUT2D eigenvalue weighted by atomic mass is 32.2. The van der Waals surface area contributed by atoms with Gasteiger partial charge in [-0.3, -0.25) is 9.10 Å². The molecule has 1 aromatic carbocycles. The Bertz CT molecular complexity index is 575. The van der Waals surface area contributed by atoms with Gasteiger partial charge in [-0.25, -0.2) is 8.42 Å². The quantitative estimate of drug-likeness (QED) is 0.833. The molecule has 0 heterocycles. The average Bonchev–Trinajstić information content (AvgIpc) is 2.41. The molecule has 0 bridgehead atoms. The van der Waals surface area contributed by atoms with Gasteiger partial charge in [0.2, 0.25) is 15.9 Å². The van der Waals surface area contributed by atoms with Crippen LogP contribution in [0.25, 0.3) is 0 Å². The van der Waals surface area contributed by atoms with Crippen LogP contribution in [-0.4, -0.2) is 33.7 Å². The Kier molecular flexibility index (Phi) is 6.20. The molecule has 0 aromatic heterocycles. The molecule has 0 saturated heterocycles. The van der Waals surface area contributed by atoms with E-state index < -0.39 is 10.0 Å². The van der Waals surface area contributed by atoms with Gasteiger partial charge in [0.15, 0.2) is 0 Å². The molecule has 0 radical (unpaired) electrons. The molecule has 1 rings (SSSR count). The lowest BCUT2D eigenvalue weighted by Crippen LogP contribution is -2.38. The number of nitrogens with zero attached hydrogens (tertiary/aromatic N) is 1. The summed E-state index contributed by atoms with van der Waals surface area (Å²) >= 11 is 0. The van der Waals surface area contributed by atoms with E-state index in [0.29, 0.717) is 6.54 Å². The highest BCUT2D eigenvalue weighted by Crippen LogP contribution is 2.28. The van der Waals surface area contributed by atoms with Crippen LogP contribution in [0.4, 0.5) is 5.69 Å². The van der Waals surface area contributed by atoms with Crippen LogP contribution >= 0.6 is 0 Å². The lowest BCUT2D eigenvalue weighted by molar-refractivity contribution is -0.118. The average molecular weight is 312 g/mol. The largest absolute Gasteiger partial charge is 0.355 e. The third-order valence-electron chi connectivity index (χ3n) is 3.30. The summed E-state index contributed by atoms with van der Waals surface area (Å²) in [6.45, 7) is 5.97. The summed E-state index contributed by atoms with van der Waals surface area (Å²) < 4.78 is 25.7. The van der Waals surface area contributed by atoms with Crippen LogP contribution in [0, 0.1) is 0 Å². The third-order valence-corrected chi connectivity index (χ3v) is 4.47. The van der Waals surface area contributed by atoms with Crippen molar-refractivity contribution in [2.45, 2.75) is 33.6 Å². The molecule has 1 amide bonds. The van der Waals surface area contributed by atoms with Gasteiger partial charge in [-0.2, -0.15) is 0 Å². The first-order chi connectivity index (χ1) is 9.81. The van der Waals surface area contributed by atoms with E-state index in [1.165, 1.54) is 17.5 Å². The van der Waals surface area contributed by atoms with Gasteiger partial charge >= 0.3 is 0 Å². The molecule has 0 fully saturated rings. The van der Waals surface area contributed by atoms with Crippen molar-refractivity contribution in [3.05, 3.63) is 29.3 Å². The fourth-order valence-corrected chi connectivity index (χ4v) is 3.30. The van der Waals surface area contributed by atoms with E-state index >= 15 is 0 Å². The van der Waals surface area contributed by atoms with E-state index in [1.54, 1.807) is 0 Å². The number of nitrogens with one attached hydrogen (secondary N) is 1. The lowest BCUT2D eigenvalue weighted by atomic mass is 10.0. The van der Waals surface area contributed by atoms with E-state index in [1.807, 2.05) is 32.0 Å². The van der Waals surface area contributed by atoms with Gasteiger partial charge in [0.1, 0.15) is 0 Å². The zero-order valence-corrected chi connectivity index (χ0v) is 14.0. The van der Waals surface area contributed by atoms with Crippen LogP contribution in [-0.2, 0) is 27.7 Å². The van der Waals surface area contributed by atoms with E-state index in [-0.39, 0.29) is 12.5 Å². The number of carbonyl (C=O) groups excluding carboxylic acids is 1. The summed E-state index contributed by atoms with van der Waals surface area (Å²) in [5.41, 5.74) is 2.76. The standard InChI is InChI=1S/C15H24N2O3S/c1-5-13-8-7-9-14(6-2)15(13)17(21(4,19)20)11-10-16-12(3)18/h7-9H,5-6,10-11H2,1-4H3,(H,16,18). The Hall–Kier alpha value is -1.56. The molecule has 0 aliphatic rings. The number of aryl methyl sites for hydroxylation is 2. The molecule has 0 atom stereocenters. The highest BCUT2D eigenvalue weighted by Gasteiger charge is 2.22. The second kappa shape index (κ2) is 7.45. The minimum Gasteiger partial charge on any atom is -0.355 e. The summed E-state index contributed by atoms with van der Waals surface area (Å²) in [6.07, 6.45) is 2.72. The molecule has 5 nitrogen and oxygen atoms in total. The normalized spacial score (nSPS) is 11.2. The van der Waals surface area contributed by atoms with Crippen LogP contribution < -0.4 is 9.62 Å². The smallest absolute Gasteiger partial charge is 0.232 e. The van der Waals surface area contributed by atoms with Crippen molar-refractivity contribution in [1.29, 1.82) is 0 Å². The van der Waals surface area contributed by atoms with Crippen LogP contribution in [0.3, 0.4) is 0 Å². The Morgan fingerprint density at radius 2 is 1.71 bits per heavy atom. The maximum absolute atomic E-state index is 12.2. The molecule has 1 aromatic rings. The monoisotopic (exact) mass is 312 g/mol. The summed E-state index contributed by atoms with van der Waals surface area (Å²) in [7, 11) is -3.40. The number of amides is 1. The number of rotatable bonds is 7. The van der Waals surface area contributed by atoms with Gasteiger partial charge in [0, 0.05) is 13.5 Å². The molecule has 6 heteroatoms. The van der Waals surface area contributed by atoms with Gasteiger partial charge in [-0.15, -0.1) is 0 Å². The van der Waals surface area contributed by atoms with E-state index in [0.717, 1.165) is 29.7 Å². The first kappa shape index (κ1) is 17.5. The van der Waals surface area contributed by atoms with E-state index in [2.05, 4.69) is 5.32 Å². The maximum Gasteiger partial charge on any atom is 0.232 e. The number of benzene rings is 1. The third kappa shape index (κ3) is 4.74. The highest BCUT2D eigenvalue weighted by molar-refractivity contribution is 7.92. The van der Waals surface area contributed by atoms with E-state index in [4.69, 9.17) is 0 Å². The van der Waals surface area contributed by atoms with Crippen LogP contribution in [0.1, 0.15) is 31.9 Å². The van der Waals surface area contributed by atoms with Gasteiger partial charge in [-0.05, 0) is 24.0 Å². The van der Waals surface area contributed by atoms with E-state index in [9.17, 15) is 13.2 Å². The Morgan fingerprint density at radius 1 is 1.19 bits per heavy atom. The first-order valence-corrected chi connectivity index (χ1v) is 8.99. The molecule has 0 aliphatic heterocycles. The Morgan fingerprint density at radius 3 is 2.10 bits per heavy atom. The number of anilines is 1. The van der Waals surface area contributed by atoms with Crippen molar-refractivity contribution in [2.24, 2.45) is 0 Å². The van der Waals surface area contributed by atoms with Crippen LogP contribution in [0.5, 0.6) is 0 Å². The number of hydrogen-bond acceptors (Lipinski definition) is 3. The predicted molar refractivity (Wildman–Crippen MR) is 86.1 cm³/mol.